The molecule has 1 saturated carbocycles. The molecular formula is C22H25N3O3. The van der Waals surface area contributed by atoms with Gasteiger partial charge >= 0.3 is 0 Å². The minimum atomic E-state index is -0.774. The van der Waals surface area contributed by atoms with Gasteiger partial charge in [-0.1, -0.05) is 56.0 Å². The molecule has 2 aromatic rings. The van der Waals surface area contributed by atoms with Crippen LogP contribution in [0.2, 0.25) is 0 Å². The minimum Gasteiger partial charge on any atom is -0.472 e. The molecule has 1 aliphatic carbocycles. The molecule has 1 aliphatic heterocycles. The first-order chi connectivity index (χ1) is 13.7. The highest BCUT2D eigenvalue weighted by Gasteiger charge is 2.37. The lowest BCUT2D eigenvalue weighted by atomic mass is 10.1. The topological polar surface area (TPSA) is 71.5 Å². The van der Waals surface area contributed by atoms with Crippen LogP contribution >= 0.6 is 0 Å². The van der Waals surface area contributed by atoms with Gasteiger partial charge < -0.3 is 10.1 Å². The van der Waals surface area contributed by atoms with Crippen LogP contribution in [0.3, 0.4) is 0 Å². The van der Waals surface area contributed by atoms with Crippen LogP contribution in [0.1, 0.15) is 50.2 Å². The van der Waals surface area contributed by atoms with Crippen molar-refractivity contribution in [3.63, 3.8) is 0 Å². The molecule has 1 unspecified atom stereocenters. The Morgan fingerprint density at radius 1 is 1.07 bits per heavy atom. The lowest BCUT2D eigenvalue weighted by molar-refractivity contribution is -0.129. The Morgan fingerprint density at radius 3 is 2.57 bits per heavy atom. The quantitative estimate of drug-likeness (QED) is 0.827. The average molecular weight is 379 g/mol. The van der Waals surface area contributed by atoms with E-state index in [1.165, 1.54) is 17.7 Å². The second-order valence-corrected chi connectivity index (χ2v) is 7.41. The van der Waals surface area contributed by atoms with Gasteiger partial charge in [0.25, 0.3) is 5.91 Å². The third-order valence-electron chi connectivity index (χ3n) is 5.37. The number of nitrogens with zero attached hydrogens (tertiary/aromatic N) is 2. The fraction of sp³-hybridized carbons (Fsp3) is 0.409. The summed E-state index contributed by atoms with van der Waals surface area (Å²) in [7, 11) is 0. The molecule has 146 valence electrons. The first-order valence-electron chi connectivity index (χ1n) is 10.00. The normalized spacial score (nSPS) is 20.1. The van der Waals surface area contributed by atoms with E-state index in [4.69, 9.17) is 4.74 Å². The maximum atomic E-state index is 13.2. The van der Waals surface area contributed by atoms with Crippen LogP contribution in [-0.4, -0.2) is 29.4 Å². The summed E-state index contributed by atoms with van der Waals surface area (Å²) in [6.45, 7) is -0.0496. The summed E-state index contributed by atoms with van der Waals surface area (Å²) in [5, 5.41) is 3.11. The predicted octanol–water partition coefficient (Wildman–Crippen LogP) is 3.39. The van der Waals surface area contributed by atoms with E-state index in [1.54, 1.807) is 18.3 Å². The largest absolute Gasteiger partial charge is 0.472 e. The SMILES string of the molecule is O=C(CN1C(=O)C(c2ccccc2)Oc2cccnc21)NC1CCCCCC1. The van der Waals surface area contributed by atoms with Gasteiger partial charge in [0, 0.05) is 17.8 Å². The van der Waals surface area contributed by atoms with Gasteiger partial charge in [-0.3, -0.25) is 14.5 Å². The van der Waals surface area contributed by atoms with Gasteiger partial charge in [-0.05, 0) is 25.0 Å². The summed E-state index contributed by atoms with van der Waals surface area (Å²) in [6, 6.07) is 13.1. The van der Waals surface area contributed by atoms with Crippen molar-refractivity contribution in [2.45, 2.75) is 50.7 Å². The van der Waals surface area contributed by atoms with E-state index in [1.807, 2.05) is 30.3 Å². The number of anilines is 1. The number of pyridine rings is 1. The number of hydrogen-bond donors (Lipinski definition) is 1. The van der Waals surface area contributed by atoms with Gasteiger partial charge in [0.1, 0.15) is 6.54 Å². The van der Waals surface area contributed by atoms with Crippen LogP contribution in [0.25, 0.3) is 0 Å². The molecule has 1 aromatic heterocycles. The maximum absolute atomic E-state index is 13.2. The van der Waals surface area contributed by atoms with E-state index in [2.05, 4.69) is 10.3 Å². The lowest BCUT2D eigenvalue weighted by Crippen LogP contribution is -2.48. The molecule has 0 bridgehead atoms. The second-order valence-electron chi connectivity index (χ2n) is 7.41. The number of fused-ring (bicyclic) bond motifs is 1. The Bertz CT molecular complexity index is 832. The molecule has 4 rings (SSSR count). The van der Waals surface area contributed by atoms with Gasteiger partial charge in [-0.2, -0.15) is 0 Å². The minimum absolute atomic E-state index is 0.0496. The molecule has 2 aliphatic rings. The Morgan fingerprint density at radius 2 is 1.82 bits per heavy atom. The summed E-state index contributed by atoms with van der Waals surface area (Å²) in [4.78, 5) is 31.6. The average Bonchev–Trinajstić information content (AvgIpc) is 2.99. The summed E-state index contributed by atoms with van der Waals surface area (Å²) < 4.78 is 5.92. The molecule has 6 nitrogen and oxygen atoms in total. The third-order valence-corrected chi connectivity index (χ3v) is 5.37. The molecule has 0 radical (unpaired) electrons. The number of benzene rings is 1. The van der Waals surface area contributed by atoms with Gasteiger partial charge in [-0.25, -0.2) is 4.98 Å². The highest BCUT2D eigenvalue weighted by molar-refractivity contribution is 6.03. The van der Waals surface area contributed by atoms with E-state index in [0.717, 1.165) is 31.2 Å². The van der Waals surface area contributed by atoms with Crippen molar-refractivity contribution in [2.75, 3.05) is 11.4 Å². The first-order valence-corrected chi connectivity index (χ1v) is 10.00. The van der Waals surface area contributed by atoms with Crippen molar-refractivity contribution in [2.24, 2.45) is 0 Å². The molecule has 6 heteroatoms. The molecule has 2 heterocycles. The van der Waals surface area contributed by atoms with Crippen molar-refractivity contribution in [1.29, 1.82) is 0 Å². The standard InChI is InChI=1S/C22H25N3O3/c26-19(24-17-11-6-1-2-7-12-17)15-25-21-18(13-8-14-23-21)28-20(22(25)27)16-9-4-3-5-10-16/h3-5,8-10,13-14,17,20H,1-2,6-7,11-12,15H2,(H,24,26). The predicted molar refractivity (Wildman–Crippen MR) is 106 cm³/mol. The number of aromatic nitrogens is 1. The molecule has 0 saturated heterocycles. The Labute approximate surface area is 164 Å². The molecule has 0 spiro atoms. The van der Waals surface area contributed by atoms with Crippen LogP contribution in [0.15, 0.2) is 48.7 Å². The van der Waals surface area contributed by atoms with Crippen molar-refractivity contribution in [3.05, 3.63) is 54.2 Å². The lowest BCUT2D eigenvalue weighted by Gasteiger charge is -2.33. The Kier molecular flexibility index (Phi) is 5.55. The van der Waals surface area contributed by atoms with Crippen LogP contribution in [0.5, 0.6) is 5.75 Å². The molecule has 1 fully saturated rings. The number of amides is 2. The molecule has 2 amide bonds. The number of carbonyl (C=O) groups is 2. The van der Waals surface area contributed by atoms with Crippen molar-refractivity contribution in [1.82, 2.24) is 10.3 Å². The van der Waals surface area contributed by atoms with Crippen molar-refractivity contribution < 1.29 is 14.3 Å². The monoisotopic (exact) mass is 379 g/mol. The number of carbonyl (C=O) groups excluding carboxylic acids is 2. The van der Waals surface area contributed by atoms with E-state index < -0.39 is 6.10 Å². The maximum Gasteiger partial charge on any atom is 0.274 e. The molecule has 28 heavy (non-hydrogen) atoms. The van der Waals surface area contributed by atoms with Gasteiger partial charge in [0.15, 0.2) is 11.6 Å². The first kappa shape index (κ1) is 18.5. The van der Waals surface area contributed by atoms with Gasteiger partial charge in [0.2, 0.25) is 12.0 Å². The van der Waals surface area contributed by atoms with Gasteiger partial charge in [-0.15, -0.1) is 0 Å². The van der Waals surface area contributed by atoms with Crippen LogP contribution in [0.4, 0.5) is 5.82 Å². The fourth-order valence-corrected chi connectivity index (χ4v) is 3.93. The Hall–Kier alpha value is -2.89. The highest BCUT2D eigenvalue weighted by atomic mass is 16.5. The van der Waals surface area contributed by atoms with Crippen LogP contribution in [-0.2, 0) is 9.59 Å². The van der Waals surface area contributed by atoms with Crippen LogP contribution in [0, 0.1) is 0 Å². The van der Waals surface area contributed by atoms with E-state index in [9.17, 15) is 9.59 Å². The summed E-state index contributed by atoms with van der Waals surface area (Å²) in [6.07, 6.45) is 7.57. The number of ether oxygens (including phenoxy) is 1. The number of nitrogens with one attached hydrogen (secondary N) is 1. The van der Waals surface area contributed by atoms with Crippen molar-refractivity contribution >= 4 is 17.6 Å². The second kappa shape index (κ2) is 8.42. The van der Waals surface area contributed by atoms with Gasteiger partial charge in [0.05, 0.1) is 0 Å². The smallest absolute Gasteiger partial charge is 0.274 e. The number of rotatable bonds is 4. The van der Waals surface area contributed by atoms with Crippen molar-refractivity contribution in [3.8, 4) is 5.75 Å². The molecule has 1 N–H and O–H groups in total. The van der Waals surface area contributed by atoms with E-state index in [-0.39, 0.29) is 24.4 Å². The summed E-state index contributed by atoms with van der Waals surface area (Å²) >= 11 is 0. The third kappa shape index (κ3) is 4.01. The fourth-order valence-electron chi connectivity index (χ4n) is 3.93. The zero-order valence-electron chi connectivity index (χ0n) is 15.8. The Balaban J connectivity index is 1.54. The molecular weight excluding hydrogens is 354 g/mol. The molecule has 1 atom stereocenters. The number of hydrogen-bond acceptors (Lipinski definition) is 4. The highest BCUT2D eigenvalue weighted by Crippen LogP contribution is 2.36. The zero-order chi connectivity index (χ0) is 19.3. The van der Waals surface area contributed by atoms with Crippen LogP contribution < -0.4 is 15.0 Å². The molecule has 1 aromatic carbocycles. The van der Waals surface area contributed by atoms with E-state index in [0.29, 0.717) is 11.6 Å². The summed E-state index contributed by atoms with van der Waals surface area (Å²) in [5.74, 6) is 0.493. The zero-order valence-corrected chi connectivity index (χ0v) is 15.8. The summed E-state index contributed by atoms with van der Waals surface area (Å²) in [5.41, 5.74) is 0.760. The van der Waals surface area contributed by atoms with E-state index >= 15 is 0 Å².